The third-order valence-electron chi connectivity index (χ3n) is 5.58. The van der Waals surface area contributed by atoms with Crippen LogP contribution in [0, 0.1) is 0 Å². The Balaban J connectivity index is 1.71. The predicted octanol–water partition coefficient (Wildman–Crippen LogP) is 4.57. The maximum atomic E-state index is 13.6. The lowest BCUT2D eigenvalue weighted by atomic mass is 9.86. The molecule has 0 aliphatic carbocycles. The van der Waals surface area contributed by atoms with E-state index in [-0.39, 0.29) is 11.8 Å². The van der Waals surface area contributed by atoms with Crippen LogP contribution in [0.4, 0.5) is 0 Å². The number of nitrogens with zero attached hydrogens (tertiary/aromatic N) is 3. The van der Waals surface area contributed by atoms with Gasteiger partial charge in [-0.1, -0.05) is 23.7 Å². The summed E-state index contributed by atoms with van der Waals surface area (Å²) in [7, 11) is 0. The van der Waals surface area contributed by atoms with Crippen LogP contribution in [0.5, 0.6) is 0 Å². The van der Waals surface area contributed by atoms with Crippen molar-refractivity contribution < 1.29 is 9.59 Å². The maximum Gasteiger partial charge on any atom is 0.267 e. The fraction of sp³-hybridized carbons (Fsp3) is 0.190. The second-order valence-corrected chi connectivity index (χ2v) is 9.22. The Labute approximate surface area is 185 Å². The zero-order valence-electron chi connectivity index (χ0n) is 15.1. The molecule has 1 aromatic carbocycles. The number of rotatable bonds is 2. The molecule has 0 bridgehead atoms. The van der Waals surface area contributed by atoms with E-state index in [1.54, 1.807) is 35.4 Å². The molecule has 29 heavy (non-hydrogen) atoms. The number of pyridine rings is 1. The molecule has 8 heteroatoms. The van der Waals surface area contributed by atoms with Crippen LogP contribution in [0.2, 0.25) is 5.02 Å². The molecule has 0 spiro atoms. The van der Waals surface area contributed by atoms with Crippen LogP contribution in [0.1, 0.15) is 31.3 Å². The molecule has 5 nitrogen and oxygen atoms in total. The van der Waals surface area contributed by atoms with Crippen LogP contribution in [-0.2, 0) is 12.1 Å². The van der Waals surface area contributed by atoms with Gasteiger partial charge >= 0.3 is 0 Å². The molecular weight excluding hydrogens is 474 g/mol. The molecule has 1 unspecified atom stereocenters. The van der Waals surface area contributed by atoms with Gasteiger partial charge in [0.15, 0.2) is 0 Å². The van der Waals surface area contributed by atoms with E-state index < -0.39 is 5.66 Å². The molecule has 0 radical (unpaired) electrons. The Morgan fingerprint density at radius 1 is 1.17 bits per heavy atom. The van der Waals surface area contributed by atoms with E-state index in [1.165, 1.54) is 11.3 Å². The zero-order valence-corrected chi connectivity index (χ0v) is 18.3. The van der Waals surface area contributed by atoms with Crippen molar-refractivity contribution in [3.05, 3.63) is 85.2 Å². The summed E-state index contributed by atoms with van der Waals surface area (Å²) in [5.74, 6) is -0.202. The van der Waals surface area contributed by atoms with Gasteiger partial charge in [-0.3, -0.25) is 14.6 Å². The van der Waals surface area contributed by atoms with E-state index >= 15 is 0 Å². The zero-order chi connectivity index (χ0) is 20.2. The minimum atomic E-state index is -0.927. The van der Waals surface area contributed by atoms with Crippen molar-refractivity contribution in [2.75, 3.05) is 13.1 Å². The molecular formula is C21H15BrClN3O2S. The first-order chi connectivity index (χ1) is 14.0. The quantitative estimate of drug-likeness (QED) is 0.531. The van der Waals surface area contributed by atoms with Crippen molar-refractivity contribution in [1.29, 1.82) is 0 Å². The monoisotopic (exact) mass is 487 g/mol. The Morgan fingerprint density at radius 3 is 2.69 bits per heavy atom. The van der Waals surface area contributed by atoms with E-state index in [1.807, 2.05) is 28.5 Å². The van der Waals surface area contributed by atoms with Crippen LogP contribution in [0.25, 0.3) is 0 Å². The summed E-state index contributed by atoms with van der Waals surface area (Å²) >= 11 is 11.0. The van der Waals surface area contributed by atoms with Crippen molar-refractivity contribution in [3.63, 3.8) is 0 Å². The highest BCUT2D eigenvalue weighted by atomic mass is 79.9. The first-order valence-corrected chi connectivity index (χ1v) is 11.1. The van der Waals surface area contributed by atoms with E-state index in [9.17, 15) is 9.59 Å². The van der Waals surface area contributed by atoms with Gasteiger partial charge in [-0.25, -0.2) is 0 Å². The van der Waals surface area contributed by atoms with E-state index in [0.29, 0.717) is 40.7 Å². The largest absolute Gasteiger partial charge is 0.309 e. The highest BCUT2D eigenvalue weighted by Gasteiger charge is 2.56. The molecule has 1 saturated heterocycles. The molecule has 3 aromatic rings. The third kappa shape index (κ3) is 2.75. The van der Waals surface area contributed by atoms with Gasteiger partial charge in [0, 0.05) is 35.2 Å². The minimum absolute atomic E-state index is 0.100. The lowest BCUT2D eigenvalue weighted by Crippen LogP contribution is -2.58. The van der Waals surface area contributed by atoms with E-state index in [4.69, 9.17) is 11.6 Å². The number of amides is 2. The summed E-state index contributed by atoms with van der Waals surface area (Å²) in [4.78, 5) is 35.7. The molecule has 1 fully saturated rings. The first kappa shape index (κ1) is 18.8. The molecule has 146 valence electrons. The second kappa shape index (κ2) is 6.93. The normalized spacial score (nSPS) is 20.6. The Hall–Kier alpha value is -2.22. The number of aromatic nitrogens is 1. The number of fused-ring (bicyclic) bond motifs is 2. The smallest absolute Gasteiger partial charge is 0.267 e. The van der Waals surface area contributed by atoms with E-state index in [0.717, 1.165) is 10.0 Å². The third-order valence-corrected chi connectivity index (χ3v) is 7.66. The summed E-state index contributed by atoms with van der Waals surface area (Å²) in [5.41, 5.74) is 1.23. The standard InChI is InChI=1S/C21H15BrClN3O2S/c22-16-7-11-29-18(16)20(28)26-10-9-25-19(27)15-2-1-8-24-17(15)12-21(25,26)13-3-5-14(23)6-4-13/h1-8,11H,9-10,12H2. The van der Waals surface area contributed by atoms with Crippen molar-refractivity contribution in [1.82, 2.24) is 14.8 Å². The number of carbonyl (C=O) groups is 2. The van der Waals surface area contributed by atoms with Gasteiger partial charge < -0.3 is 9.80 Å². The molecule has 0 N–H and O–H groups in total. The van der Waals surface area contributed by atoms with Crippen molar-refractivity contribution in [2.45, 2.75) is 12.1 Å². The molecule has 5 rings (SSSR count). The number of benzene rings is 1. The average Bonchev–Trinajstić information content (AvgIpc) is 3.33. The summed E-state index contributed by atoms with van der Waals surface area (Å²) < 4.78 is 0.762. The van der Waals surface area contributed by atoms with Gasteiger partial charge in [0.05, 0.1) is 11.3 Å². The molecule has 2 aliphatic rings. The fourth-order valence-corrected chi connectivity index (χ4v) is 5.91. The molecule has 1 atom stereocenters. The van der Waals surface area contributed by atoms with Gasteiger partial charge in [0.2, 0.25) is 0 Å². The highest BCUT2D eigenvalue weighted by Crippen LogP contribution is 2.45. The molecule has 2 aliphatic heterocycles. The maximum absolute atomic E-state index is 13.6. The Kier molecular flexibility index (Phi) is 4.49. The van der Waals surface area contributed by atoms with Gasteiger partial charge in [-0.2, -0.15) is 0 Å². The number of carbonyl (C=O) groups excluding carboxylic acids is 2. The second-order valence-electron chi connectivity index (χ2n) is 7.01. The van der Waals surface area contributed by atoms with Crippen LogP contribution < -0.4 is 0 Å². The Bertz CT molecular complexity index is 1130. The topological polar surface area (TPSA) is 53.5 Å². The fourth-order valence-electron chi connectivity index (χ4n) is 4.30. The van der Waals surface area contributed by atoms with Crippen molar-refractivity contribution in [3.8, 4) is 0 Å². The summed E-state index contributed by atoms with van der Waals surface area (Å²) in [6, 6.07) is 12.8. The van der Waals surface area contributed by atoms with Gasteiger partial charge in [-0.15, -0.1) is 11.3 Å². The van der Waals surface area contributed by atoms with Crippen LogP contribution in [0.15, 0.2) is 58.5 Å². The number of halogens is 2. The SMILES string of the molecule is O=C1c2cccnc2CC2(c3ccc(Cl)cc3)N1CCN2C(=O)c1sccc1Br. The summed E-state index contributed by atoms with van der Waals surface area (Å²) in [6.45, 7) is 0.913. The first-order valence-electron chi connectivity index (χ1n) is 9.09. The molecule has 2 amide bonds. The average molecular weight is 489 g/mol. The van der Waals surface area contributed by atoms with Crippen LogP contribution in [0.3, 0.4) is 0 Å². The number of hydrogen-bond donors (Lipinski definition) is 0. The van der Waals surface area contributed by atoms with Crippen molar-refractivity contribution >= 4 is 50.7 Å². The minimum Gasteiger partial charge on any atom is -0.309 e. The van der Waals surface area contributed by atoms with Gasteiger partial charge in [0.1, 0.15) is 10.5 Å². The molecule has 2 aromatic heterocycles. The summed E-state index contributed by atoms with van der Waals surface area (Å²) in [5, 5.41) is 2.48. The number of hydrogen-bond acceptors (Lipinski definition) is 4. The molecule has 4 heterocycles. The van der Waals surface area contributed by atoms with Gasteiger partial charge in [0.25, 0.3) is 11.8 Å². The summed E-state index contributed by atoms with van der Waals surface area (Å²) in [6.07, 6.45) is 2.12. The Morgan fingerprint density at radius 2 is 1.97 bits per heavy atom. The van der Waals surface area contributed by atoms with Crippen LogP contribution >= 0.6 is 38.9 Å². The number of thiophene rings is 1. The lowest BCUT2D eigenvalue weighted by molar-refractivity contribution is 0.00725. The van der Waals surface area contributed by atoms with E-state index in [2.05, 4.69) is 20.9 Å². The van der Waals surface area contributed by atoms with Crippen molar-refractivity contribution in [2.24, 2.45) is 0 Å². The highest BCUT2D eigenvalue weighted by molar-refractivity contribution is 9.10. The van der Waals surface area contributed by atoms with Crippen LogP contribution in [-0.4, -0.2) is 39.7 Å². The molecule has 0 saturated carbocycles. The van der Waals surface area contributed by atoms with Gasteiger partial charge in [-0.05, 0) is 57.2 Å². The lowest BCUT2D eigenvalue weighted by Gasteiger charge is -2.46. The predicted molar refractivity (Wildman–Crippen MR) is 115 cm³/mol.